The summed E-state index contributed by atoms with van der Waals surface area (Å²) in [5.74, 6) is -0.794. The highest BCUT2D eigenvalue weighted by Crippen LogP contribution is 2.40. The highest BCUT2D eigenvalue weighted by Gasteiger charge is 2.45. The largest absolute Gasteiger partial charge is 0.341 e. The van der Waals surface area contributed by atoms with Crippen molar-refractivity contribution in [3.8, 4) is 0 Å². The van der Waals surface area contributed by atoms with Crippen LogP contribution in [0.2, 0.25) is 5.02 Å². The molecule has 0 aromatic heterocycles. The number of rotatable bonds is 3. The number of amides is 3. The maximum atomic E-state index is 13.0. The normalized spacial score (nSPS) is 18.4. The van der Waals surface area contributed by atoms with Crippen molar-refractivity contribution in [2.24, 2.45) is 0 Å². The highest BCUT2D eigenvalue weighted by molar-refractivity contribution is 9.10. The smallest absolute Gasteiger partial charge is 0.306 e. The molecule has 3 aromatic carbocycles. The molecule has 0 spiro atoms. The molecule has 146 valence electrons. The lowest BCUT2D eigenvalue weighted by atomic mass is 9.87. The first-order chi connectivity index (χ1) is 14.0. The number of benzene rings is 3. The van der Waals surface area contributed by atoms with Crippen LogP contribution in [0.4, 0.5) is 10.5 Å². The van der Waals surface area contributed by atoms with E-state index in [4.69, 9.17) is 11.6 Å². The maximum absolute atomic E-state index is 13.0. The lowest BCUT2D eigenvalue weighted by molar-refractivity contribution is -0.121. The van der Waals surface area contributed by atoms with Crippen molar-refractivity contribution < 1.29 is 9.59 Å². The van der Waals surface area contributed by atoms with Crippen molar-refractivity contribution >= 4 is 45.2 Å². The van der Waals surface area contributed by atoms with Crippen molar-refractivity contribution in [3.05, 3.63) is 99.5 Å². The molecule has 3 amide bonds. The molecule has 4 rings (SSSR count). The summed E-state index contributed by atoms with van der Waals surface area (Å²) in [6, 6.07) is 22.9. The number of nitrogens with zero attached hydrogens (tertiary/aromatic N) is 1. The zero-order valence-corrected chi connectivity index (χ0v) is 17.5. The number of carbonyl (C=O) groups is 2. The third-order valence-electron chi connectivity index (χ3n) is 4.77. The summed E-state index contributed by atoms with van der Waals surface area (Å²) in [4.78, 5) is 25.9. The molecule has 1 fully saturated rings. The first-order valence-electron chi connectivity index (χ1n) is 8.99. The number of halogens is 2. The van der Waals surface area contributed by atoms with Gasteiger partial charge in [-0.3, -0.25) is 10.2 Å². The molecule has 5 nitrogen and oxygen atoms in total. The van der Waals surface area contributed by atoms with Gasteiger partial charge < -0.3 is 5.32 Å². The Labute approximate surface area is 181 Å². The Hall–Kier alpha value is -2.83. The molecule has 29 heavy (non-hydrogen) atoms. The Bertz CT molecular complexity index is 1040. The number of carbonyl (C=O) groups excluding carboxylic acids is 2. The van der Waals surface area contributed by atoms with E-state index in [2.05, 4.69) is 26.7 Å². The molecule has 2 atom stereocenters. The fourth-order valence-electron chi connectivity index (χ4n) is 3.47. The molecule has 1 heterocycles. The highest BCUT2D eigenvalue weighted by atomic mass is 79.9. The van der Waals surface area contributed by atoms with Gasteiger partial charge in [-0.2, -0.15) is 0 Å². The zero-order valence-electron chi connectivity index (χ0n) is 15.2. The molecule has 0 bridgehead atoms. The third kappa shape index (κ3) is 4.13. The number of hydrogen-bond acceptors (Lipinski definition) is 2. The molecule has 1 aliphatic heterocycles. The number of nitrogens with one attached hydrogen (secondary N) is 2. The fourth-order valence-corrected chi connectivity index (χ4v) is 3.93. The predicted octanol–water partition coefficient (Wildman–Crippen LogP) is 5.51. The van der Waals surface area contributed by atoms with Crippen LogP contribution < -0.4 is 10.7 Å². The van der Waals surface area contributed by atoms with Crippen LogP contribution in [-0.4, -0.2) is 16.9 Å². The summed E-state index contributed by atoms with van der Waals surface area (Å²) in [7, 11) is 0. The first kappa shape index (κ1) is 19.5. The number of anilines is 1. The quantitative estimate of drug-likeness (QED) is 0.530. The van der Waals surface area contributed by atoms with Gasteiger partial charge in [0.15, 0.2) is 0 Å². The zero-order chi connectivity index (χ0) is 20.4. The van der Waals surface area contributed by atoms with Gasteiger partial charge in [0, 0.05) is 15.2 Å². The van der Waals surface area contributed by atoms with Gasteiger partial charge >= 0.3 is 6.03 Å². The third-order valence-corrected chi connectivity index (χ3v) is 5.53. The van der Waals surface area contributed by atoms with Crippen LogP contribution in [0, 0.1) is 0 Å². The van der Waals surface area contributed by atoms with Gasteiger partial charge in [0.25, 0.3) is 0 Å². The van der Waals surface area contributed by atoms with Crippen molar-refractivity contribution in [1.82, 2.24) is 10.4 Å². The lowest BCUT2D eigenvalue weighted by Gasteiger charge is -2.26. The van der Waals surface area contributed by atoms with E-state index in [0.29, 0.717) is 10.7 Å². The minimum atomic E-state index is -0.551. The van der Waals surface area contributed by atoms with Crippen LogP contribution in [-0.2, 0) is 4.79 Å². The van der Waals surface area contributed by atoms with Gasteiger partial charge in [-0.25, -0.2) is 9.80 Å². The van der Waals surface area contributed by atoms with E-state index in [1.807, 2.05) is 54.6 Å². The van der Waals surface area contributed by atoms with Crippen LogP contribution >= 0.6 is 27.5 Å². The molecule has 1 saturated heterocycles. The Morgan fingerprint density at radius 2 is 1.66 bits per heavy atom. The molecule has 0 aliphatic carbocycles. The van der Waals surface area contributed by atoms with Gasteiger partial charge in [0.05, 0.1) is 12.0 Å². The molecular weight excluding hydrogens is 454 g/mol. The van der Waals surface area contributed by atoms with E-state index in [-0.39, 0.29) is 5.91 Å². The summed E-state index contributed by atoms with van der Waals surface area (Å²) >= 11 is 9.57. The number of hydrazine groups is 1. The Balaban J connectivity index is 1.70. The van der Waals surface area contributed by atoms with E-state index in [9.17, 15) is 9.59 Å². The van der Waals surface area contributed by atoms with Gasteiger partial charge in [-0.05, 0) is 47.5 Å². The predicted molar refractivity (Wildman–Crippen MR) is 117 cm³/mol. The van der Waals surface area contributed by atoms with Crippen molar-refractivity contribution in [2.45, 2.75) is 12.0 Å². The Morgan fingerprint density at radius 3 is 2.34 bits per heavy atom. The average molecular weight is 471 g/mol. The van der Waals surface area contributed by atoms with Gasteiger partial charge in [0.2, 0.25) is 5.91 Å². The van der Waals surface area contributed by atoms with E-state index >= 15 is 0 Å². The van der Waals surface area contributed by atoms with Crippen molar-refractivity contribution in [3.63, 3.8) is 0 Å². The van der Waals surface area contributed by atoms with Crippen LogP contribution in [0.3, 0.4) is 0 Å². The van der Waals surface area contributed by atoms with Crippen LogP contribution in [0.1, 0.15) is 23.1 Å². The molecular formula is C22H17BrClN3O2. The fraction of sp³-hybridized carbons (Fsp3) is 0.0909. The van der Waals surface area contributed by atoms with E-state index in [1.54, 1.807) is 24.3 Å². The Morgan fingerprint density at radius 1 is 0.966 bits per heavy atom. The summed E-state index contributed by atoms with van der Waals surface area (Å²) in [5, 5.41) is 4.72. The van der Waals surface area contributed by atoms with E-state index in [1.165, 1.54) is 5.01 Å². The molecule has 0 radical (unpaired) electrons. The minimum absolute atomic E-state index is 0.243. The second-order valence-corrected chi connectivity index (χ2v) is 8.02. The van der Waals surface area contributed by atoms with Crippen LogP contribution in [0.25, 0.3) is 0 Å². The molecule has 0 saturated carbocycles. The standard InChI is InChI=1S/C22H17BrClN3O2/c23-16-9-11-18(12-10-16)25-22(29)27-20(15-7-4-8-17(24)13-15)19(21(28)26-27)14-5-2-1-3-6-14/h1-13,19-20H,(H,25,29)(H,26,28)/t19-,20-/m0/s1. The molecule has 1 aliphatic rings. The average Bonchev–Trinajstić information content (AvgIpc) is 3.08. The second-order valence-electron chi connectivity index (χ2n) is 6.67. The molecule has 0 unspecified atom stereocenters. The van der Waals surface area contributed by atoms with E-state index in [0.717, 1.165) is 15.6 Å². The second kappa shape index (κ2) is 8.27. The first-order valence-corrected chi connectivity index (χ1v) is 10.2. The van der Waals surface area contributed by atoms with Crippen LogP contribution in [0.5, 0.6) is 0 Å². The van der Waals surface area contributed by atoms with Crippen LogP contribution in [0.15, 0.2) is 83.3 Å². The molecule has 3 aromatic rings. The molecule has 7 heteroatoms. The summed E-state index contributed by atoms with van der Waals surface area (Å²) in [5.41, 5.74) is 4.96. The summed E-state index contributed by atoms with van der Waals surface area (Å²) < 4.78 is 0.908. The minimum Gasteiger partial charge on any atom is -0.306 e. The van der Waals surface area contributed by atoms with Gasteiger partial charge in [-0.1, -0.05) is 70.0 Å². The maximum Gasteiger partial charge on any atom is 0.341 e. The number of urea groups is 1. The lowest BCUT2D eigenvalue weighted by Crippen LogP contribution is -2.42. The summed E-state index contributed by atoms with van der Waals surface area (Å²) in [6.07, 6.45) is 0. The van der Waals surface area contributed by atoms with Crippen molar-refractivity contribution in [1.29, 1.82) is 0 Å². The topological polar surface area (TPSA) is 61.4 Å². The number of hydrogen-bond donors (Lipinski definition) is 2. The van der Waals surface area contributed by atoms with Crippen molar-refractivity contribution in [2.75, 3.05) is 5.32 Å². The molecule has 2 N–H and O–H groups in total. The van der Waals surface area contributed by atoms with Gasteiger partial charge in [-0.15, -0.1) is 0 Å². The summed E-state index contributed by atoms with van der Waals surface area (Å²) in [6.45, 7) is 0. The van der Waals surface area contributed by atoms with Gasteiger partial charge in [0.1, 0.15) is 0 Å². The van der Waals surface area contributed by atoms with E-state index < -0.39 is 18.0 Å². The SMILES string of the molecule is O=C1NN(C(=O)Nc2ccc(Br)cc2)[C@@H](c2cccc(Cl)c2)[C@@H]1c1ccccc1. The monoisotopic (exact) mass is 469 g/mol. The Kier molecular flexibility index (Phi) is 5.56.